The molecule has 0 spiro atoms. The molecule has 9 heteroatoms. The van der Waals surface area contributed by atoms with Crippen LogP contribution in [-0.4, -0.2) is 53.8 Å². The summed E-state index contributed by atoms with van der Waals surface area (Å²) < 4.78 is 0. The highest BCUT2D eigenvalue weighted by molar-refractivity contribution is 5.98. The van der Waals surface area contributed by atoms with Gasteiger partial charge in [-0.15, -0.1) is 0 Å². The maximum atomic E-state index is 12.5. The number of nitrogens with one attached hydrogen (secondary N) is 4. The molecule has 0 bridgehead atoms. The Labute approximate surface area is 183 Å². The molecule has 0 heterocycles. The van der Waals surface area contributed by atoms with Crippen LogP contribution in [0.5, 0.6) is 0 Å². The van der Waals surface area contributed by atoms with Gasteiger partial charge in [0.15, 0.2) is 0 Å². The van der Waals surface area contributed by atoms with Crippen LogP contribution in [-0.2, 0) is 14.4 Å². The minimum atomic E-state index is -0.644. The van der Waals surface area contributed by atoms with Gasteiger partial charge in [0.25, 0.3) is 0 Å². The van der Waals surface area contributed by atoms with Gasteiger partial charge in [0.2, 0.25) is 17.7 Å². The summed E-state index contributed by atoms with van der Waals surface area (Å²) in [4.78, 5) is 49.8. The fourth-order valence-electron chi connectivity index (χ4n) is 3.60. The summed E-state index contributed by atoms with van der Waals surface area (Å²) in [5.74, 6) is -0.891. The third-order valence-corrected chi connectivity index (χ3v) is 5.35. The Kier molecular flexibility index (Phi) is 9.45. The van der Waals surface area contributed by atoms with E-state index in [9.17, 15) is 19.2 Å². The minimum absolute atomic E-state index is 0.00276. The number of imide groups is 1. The van der Waals surface area contributed by atoms with Crippen LogP contribution in [0.4, 0.5) is 16.2 Å². The average Bonchev–Trinajstić information content (AvgIpc) is 2.73. The third kappa shape index (κ3) is 8.37. The van der Waals surface area contributed by atoms with Crippen molar-refractivity contribution in [3.8, 4) is 0 Å². The molecule has 2 rings (SSSR count). The molecule has 0 unspecified atom stereocenters. The minimum Gasteiger partial charge on any atom is -0.335 e. The van der Waals surface area contributed by atoms with Crippen LogP contribution in [0.25, 0.3) is 0 Å². The molecule has 1 aromatic rings. The smallest absolute Gasteiger partial charge is 0.321 e. The van der Waals surface area contributed by atoms with E-state index in [0.717, 1.165) is 25.7 Å². The van der Waals surface area contributed by atoms with Gasteiger partial charge in [0.05, 0.1) is 12.6 Å². The number of anilines is 2. The number of carbonyl (C=O) groups excluding carboxylic acids is 4. The normalized spacial score (nSPS) is 15.1. The first-order valence-electron chi connectivity index (χ1n) is 10.8. The van der Waals surface area contributed by atoms with Crippen molar-refractivity contribution in [1.29, 1.82) is 0 Å². The molecule has 0 aliphatic heterocycles. The standard InChI is InChI=1S/C22H33N5O4/c1-4-27(14-20(29)24-19-12-10-18(11-13-19)23-16(3)28)15(2)21(30)26-22(31)25-17-8-6-5-7-9-17/h10-13,15,17H,4-9,14H2,1-3H3,(H,23,28)(H,24,29)(H2,25,26,30,31)/t15-/m1/s1. The summed E-state index contributed by atoms with van der Waals surface area (Å²) in [6.07, 6.45) is 5.23. The van der Waals surface area contributed by atoms with Gasteiger partial charge < -0.3 is 16.0 Å². The fourth-order valence-corrected chi connectivity index (χ4v) is 3.60. The molecule has 5 amide bonds. The number of carbonyl (C=O) groups is 4. The fraction of sp³-hybridized carbons (Fsp3) is 0.545. The number of hydrogen-bond donors (Lipinski definition) is 4. The van der Waals surface area contributed by atoms with Gasteiger partial charge >= 0.3 is 6.03 Å². The number of benzene rings is 1. The number of nitrogens with zero attached hydrogens (tertiary/aromatic N) is 1. The van der Waals surface area contributed by atoms with Crippen molar-refractivity contribution < 1.29 is 19.2 Å². The van der Waals surface area contributed by atoms with Crippen LogP contribution < -0.4 is 21.3 Å². The summed E-state index contributed by atoms with van der Waals surface area (Å²) in [6.45, 7) is 5.41. The molecule has 1 aliphatic carbocycles. The van der Waals surface area contributed by atoms with Gasteiger partial charge in [-0.1, -0.05) is 26.2 Å². The zero-order chi connectivity index (χ0) is 22.8. The lowest BCUT2D eigenvalue weighted by molar-refractivity contribution is -0.126. The molecule has 170 valence electrons. The Balaban J connectivity index is 1.82. The van der Waals surface area contributed by atoms with E-state index in [1.165, 1.54) is 13.3 Å². The average molecular weight is 432 g/mol. The highest BCUT2D eigenvalue weighted by atomic mass is 16.2. The number of amides is 5. The molecule has 0 radical (unpaired) electrons. The van der Waals surface area contributed by atoms with Crippen molar-refractivity contribution in [2.75, 3.05) is 23.7 Å². The van der Waals surface area contributed by atoms with Crippen molar-refractivity contribution in [2.45, 2.75) is 65.0 Å². The number of hydrogen-bond acceptors (Lipinski definition) is 5. The molecule has 1 fully saturated rings. The summed E-state index contributed by atoms with van der Waals surface area (Å²) in [5, 5.41) is 10.7. The maximum absolute atomic E-state index is 12.5. The van der Waals surface area contributed by atoms with Gasteiger partial charge in [-0.05, 0) is 50.6 Å². The van der Waals surface area contributed by atoms with E-state index in [1.807, 2.05) is 6.92 Å². The van der Waals surface area contributed by atoms with Crippen LogP contribution >= 0.6 is 0 Å². The first-order valence-corrected chi connectivity index (χ1v) is 10.8. The maximum Gasteiger partial charge on any atom is 0.321 e. The van der Waals surface area contributed by atoms with Gasteiger partial charge in [-0.2, -0.15) is 0 Å². The Morgan fingerprint density at radius 3 is 2.13 bits per heavy atom. The predicted molar refractivity (Wildman–Crippen MR) is 120 cm³/mol. The lowest BCUT2D eigenvalue weighted by atomic mass is 9.96. The Bertz CT molecular complexity index is 775. The summed E-state index contributed by atoms with van der Waals surface area (Å²) in [5.41, 5.74) is 1.22. The van der Waals surface area contributed by atoms with Crippen LogP contribution in [0.1, 0.15) is 52.9 Å². The molecular formula is C22H33N5O4. The molecule has 9 nitrogen and oxygen atoms in total. The van der Waals surface area contributed by atoms with E-state index in [4.69, 9.17) is 0 Å². The molecule has 0 saturated heterocycles. The number of urea groups is 1. The quantitative estimate of drug-likeness (QED) is 0.504. The molecular weight excluding hydrogens is 398 g/mol. The number of rotatable bonds is 8. The monoisotopic (exact) mass is 431 g/mol. The third-order valence-electron chi connectivity index (χ3n) is 5.35. The van der Waals surface area contributed by atoms with Crippen molar-refractivity contribution in [1.82, 2.24) is 15.5 Å². The van der Waals surface area contributed by atoms with E-state index in [2.05, 4.69) is 21.3 Å². The second-order valence-electron chi connectivity index (χ2n) is 7.84. The predicted octanol–water partition coefficient (Wildman–Crippen LogP) is 2.45. The molecule has 0 aromatic heterocycles. The van der Waals surface area contributed by atoms with E-state index in [-0.39, 0.29) is 24.4 Å². The largest absolute Gasteiger partial charge is 0.335 e. The summed E-state index contributed by atoms with van der Waals surface area (Å²) >= 11 is 0. The van der Waals surface area contributed by atoms with Crippen molar-refractivity contribution in [2.24, 2.45) is 0 Å². The lowest BCUT2D eigenvalue weighted by Gasteiger charge is -2.27. The van der Waals surface area contributed by atoms with E-state index >= 15 is 0 Å². The summed E-state index contributed by atoms with van der Waals surface area (Å²) in [7, 11) is 0. The number of likely N-dealkylation sites (N-methyl/N-ethyl adjacent to an activating group) is 1. The highest BCUT2D eigenvalue weighted by Gasteiger charge is 2.25. The Hall–Kier alpha value is -2.94. The molecule has 1 aromatic carbocycles. The van der Waals surface area contributed by atoms with E-state index in [0.29, 0.717) is 17.9 Å². The summed E-state index contributed by atoms with van der Waals surface area (Å²) in [6, 6.07) is 5.74. The first-order chi connectivity index (χ1) is 14.8. The highest BCUT2D eigenvalue weighted by Crippen LogP contribution is 2.17. The lowest BCUT2D eigenvalue weighted by Crippen LogP contribution is -2.52. The van der Waals surface area contributed by atoms with E-state index in [1.54, 1.807) is 36.1 Å². The van der Waals surface area contributed by atoms with Crippen molar-refractivity contribution in [3.63, 3.8) is 0 Å². The molecule has 1 aliphatic rings. The zero-order valence-electron chi connectivity index (χ0n) is 18.5. The molecule has 1 saturated carbocycles. The molecule has 4 N–H and O–H groups in total. The Morgan fingerprint density at radius 1 is 1.00 bits per heavy atom. The van der Waals surface area contributed by atoms with Crippen LogP contribution in [0, 0.1) is 0 Å². The van der Waals surface area contributed by atoms with Gasteiger partial charge in [0, 0.05) is 24.3 Å². The van der Waals surface area contributed by atoms with Crippen molar-refractivity contribution in [3.05, 3.63) is 24.3 Å². The van der Waals surface area contributed by atoms with Gasteiger partial charge in [-0.3, -0.25) is 24.6 Å². The zero-order valence-corrected chi connectivity index (χ0v) is 18.5. The van der Waals surface area contributed by atoms with Crippen LogP contribution in [0.3, 0.4) is 0 Å². The van der Waals surface area contributed by atoms with Crippen LogP contribution in [0.15, 0.2) is 24.3 Å². The SMILES string of the molecule is CCN(CC(=O)Nc1ccc(NC(C)=O)cc1)[C@H](C)C(=O)NC(=O)NC1CCCCC1. The first kappa shape index (κ1) is 24.3. The molecule has 1 atom stereocenters. The Morgan fingerprint density at radius 2 is 1.58 bits per heavy atom. The van der Waals surface area contributed by atoms with Crippen LogP contribution in [0.2, 0.25) is 0 Å². The van der Waals surface area contributed by atoms with Crippen molar-refractivity contribution >= 4 is 35.1 Å². The van der Waals surface area contributed by atoms with Gasteiger partial charge in [-0.25, -0.2) is 4.79 Å². The van der Waals surface area contributed by atoms with E-state index < -0.39 is 18.0 Å². The van der Waals surface area contributed by atoms with Gasteiger partial charge in [0.1, 0.15) is 0 Å². The second kappa shape index (κ2) is 12.0. The topological polar surface area (TPSA) is 120 Å². The second-order valence-corrected chi connectivity index (χ2v) is 7.84. The molecule has 31 heavy (non-hydrogen) atoms.